The lowest BCUT2D eigenvalue weighted by Gasteiger charge is -2.23. The highest BCUT2D eigenvalue weighted by Gasteiger charge is 2.32. The number of nitrogens with zero attached hydrogens (tertiary/aromatic N) is 1. The predicted molar refractivity (Wildman–Crippen MR) is 78.6 cm³/mol. The molecular weight excluding hydrogens is 283 g/mol. The van der Waals surface area contributed by atoms with Gasteiger partial charge in [0.25, 0.3) is 0 Å². The van der Waals surface area contributed by atoms with Gasteiger partial charge in [0.1, 0.15) is 0 Å². The second kappa shape index (κ2) is 6.60. The summed E-state index contributed by atoms with van der Waals surface area (Å²) in [6, 6.07) is 5.95. The minimum Gasteiger partial charge on any atom is -0.335 e. The summed E-state index contributed by atoms with van der Waals surface area (Å²) in [6.45, 7) is 1.33. The summed E-state index contributed by atoms with van der Waals surface area (Å²) < 4.78 is 0. The first-order chi connectivity index (χ1) is 9.11. The Balaban J connectivity index is 2.03. The van der Waals surface area contributed by atoms with Crippen LogP contribution in [0.4, 0.5) is 0 Å². The van der Waals surface area contributed by atoms with Gasteiger partial charge in [-0.15, -0.1) is 0 Å². The molecule has 19 heavy (non-hydrogen) atoms. The predicted octanol–water partition coefficient (Wildman–Crippen LogP) is 3.09. The van der Waals surface area contributed by atoms with E-state index >= 15 is 0 Å². The summed E-state index contributed by atoms with van der Waals surface area (Å²) in [5.74, 6) is 0.197. The van der Waals surface area contributed by atoms with Crippen LogP contribution in [-0.4, -0.2) is 30.4 Å². The highest BCUT2D eigenvalue weighted by molar-refractivity contribution is 6.42. The largest absolute Gasteiger partial charge is 0.335 e. The third-order valence-corrected chi connectivity index (χ3v) is 3.97. The number of halogens is 2. The van der Waals surface area contributed by atoms with Crippen LogP contribution in [-0.2, 0) is 11.3 Å². The molecule has 1 aromatic carbocycles. The van der Waals surface area contributed by atoms with E-state index in [1.807, 2.05) is 24.1 Å². The van der Waals surface area contributed by atoms with Crippen LogP contribution >= 0.6 is 23.2 Å². The first kappa shape index (κ1) is 14.6. The molecule has 104 valence electrons. The molecule has 0 heterocycles. The molecule has 0 spiro atoms. The van der Waals surface area contributed by atoms with Gasteiger partial charge in [0.2, 0.25) is 5.91 Å². The van der Waals surface area contributed by atoms with Crippen molar-refractivity contribution in [2.24, 2.45) is 0 Å². The number of hydrogen-bond donors (Lipinski definition) is 1. The van der Waals surface area contributed by atoms with Gasteiger partial charge in [-0.3, -0.25) is 4.79 Å². The van der Waals surface area contributed by atoms with Gasteiger partial charge >= 0.3 is 0 Å². The zero-order chi connectivity index (χ0) is 13.8. The molecule has 2 rings (SSSR count). The molecule has 0 unspecified atom stereocenters. The smallest absolute Gasteiger partial charge is 0.224 e. The molecule has 0 radical (unpaired) electrons. The van der Waals surface area contributed by atoms with E-state index in [-0.39, 0.29) is 5.91 Å². The van der Waals surface area contributed by atoms with Crippen LogP contribution in [0.3, 0.4) is 0 Å². The van der Waals surface area contributed by atoms with E-state index in [0.29, 0.717) is 35.6 Å². The van der Waals surface area contributed by atoms with Gasteiger partial charge in [-0.1, -0.05) is 29.3 Å². The molecule has 0 bridgehead atoms. The molecular formula is C14H18Cl2N2O. The van der Waals surface area contributed by atoms with E-state index in [1.165, 1.54) is 0 Å². The normalized spacial score (nSPS) is 14.5. The molecule has 1 aliphatic rings. The van der Waals surface area contributed by atoms with E-state index in [1.54, 1.807) is 6.07 Å². The van der Waals surface area contributed by atoms with Gasteiger partial charge in [-0.2, -0.15) is 0 Å². The van der Waals surface area contributed by atoms with Crippen molar-refractivity contribution in [1.82, 2.24) is 10.2 Å². The molecule has 3 nitrogen and oxygen atoms in total. The Morgan fingerprint density at radius 1 is 1.37 bits per heavy atom. The highest BCUT2D eigenvalue weighted by Crippen LogP contribution is 2.30. The topological polar surface area (TPSA) is 32.3 Å². The van der Waals surface area contributed by atoms with Gasteiger partial charge in [-0.25, -0.2) is 0 Å². The molecule has 5 heteroatoms. The average Bonchev–Trinajstić information content (AvgIpc) is 3.21. The fourth-order valence-electron chi connectivity index (χ4n) is 2.02. The second-order valence-corrected chi connectivity index (χ2v) is 5.67. The van der Waals surface area contributed by atoms with Crippen LogP contribution in [0.25, 0.3) is 0 Å². The number of benzene rings is 1. The Labute approximate surface area is 123 Å². The molecule has 1 saturated carbocycles. The van der Waals surface area contributed by atoms with Crippen molar-refractivity contribution in [3.63, 3.8) is 0 Å². The van der Waals surface area contributed by atoms with Gasteiger partial charge in [-0.05, 0) is 37.6 Å². The lowest BCUT2D eigenvalue weighted by molar-refractivity contribution is -0.132. The van der Waals surface area contributed by atoms with Crippen LogP contribution in [0.5, 0.6) is 0 Å². The van der Waals surface area contributed by atoms with Gasteiger partial charge < -0.3 is 10.2 Å². The van der Waals surface area contributed by atoms with Gasteiger partial charge in [0.15, 0.2) is 0 Å². The van der Waals surface area contributed by atoms with Crippen molar-refractivity contribution < 1.29 is 4.79 Å². The van der Waals surface area contributed by atoms with Crippen molar-refractivity contribution in [3.8, 4) is 0 Å². The summed E-state index contributed by atoms with van der Waals surface area (Å²) in [5, 5.41) is 4.09. The minimum absolute atomic E-state index is 0.197. The Hall–Kier alpha value is -0.770. The lowest BCUT2D eigenvalue weighted by atomic mass is 10.2. The Kier molecular flexibility index (Phi) is 5.08. The van der Waals surface area contributed by atoms with E-state index in [4.69, 9.17) is 23.2 Å². The van der Waals surface area contributed by atoms with Gasteiger partial charge in [0.05, 0.1) is 10.0 Å². The maximum absolute atomic E-state index is 12.2. The number of carbonyl (C=O) groups is 1. The monoisotopic (exact) mass is 300 g/mol. The van der Waals surface area contributed by atoms with Crippen LogP contribution in [0.1, 0.15) is 24.8 Å². The summed E-state index contributed by atoms with van der Waals surface area (Å²) in [5.41, 5.74) is 1.03. The average molecular weight is 301 g/mol. The summed E-state index contributed by atoms with van der Waals surface area (Å²) in [4.78, 5) is 14.1. The number of amides is 1. The molecule has 0 atom stereocenters. The maximum Gasteiger partial charge on any atom is 0.224 e. The minimum atomic E-state index is 0.197. The fourth-order valence-corrected chi connectivity index (χ4v) is 2.34. The standard InChI is InChI=1S/C14H18Cl2N2O/c1-17-7-6-14(19)18(11-3-4-11)9-10-2-5-12(15)13(16)8-10/h2,5,8,11,17H,3-4,6-7,9H2,1H3. The Morgan fingerprint density at radius 3 is 2.68 bits per heavy atom. The third kappa shape index (κ3) is 4.10. The zero-order valence-electron chi connectivity index (χ0n) is 11.0. The zero-order valence-corrected chi connectivity index (χ0v) is 12.5. The van der Waals surface area contributed by atoms with Crippen LogP contribution < -0.4 is 5.32 Å². The highest BCUT2D eigenvalue weighted by atomic mass is 35.5. The van der Waals surface area contributed by atoms with Crippen molar-refractivity contribution in [2.75, 3.05) is 13.6 Å². The number of rotatable bonds is 6. The van der Waals surface area contributed by atoms with Crippen LogP contribution in [0.15, 0.2) is 18.2 Å². The number of nitrogens with one attached hydrogen (secondary N) is 1. The van der Waals surface area contributed by atoms with E-state index in [0.717, 1.165) is 18.4 Å². The van der Waals surface area contributed by atoms with Crippen LogP contribution in [0.2, 0.25) is 10.0 Å². The summed E-state index contributed by atoms with van der Waals surface area (Å²) in [6.07, 6.45) is 2.74. The van der Waals surface area contributed by atoms with Crippen molar-refractivity contribution in [1.29, 1.82) is 0 Å². The lowest BCUT2D eigenvalue weighted by Crippen LogP contribution is -2.34. The quantitative estimate of drug-likeness (QED) is 0.875. The summed E-state index contributed by atoms with van der Waals surface area (Å²) in [7, 11) is 1.85. The number of hydrogen-bond acceptors (Lipinski definition) is 2. The molecule has 0 saturated heterocycles. The van der Waals surface area contributed by atoms with Crippen molar-refractivity contribution >= 4 is 29.1 Å². The summed E-state index contributed by atoms with van der Waals surface area (Å²) >= 11 is 11.9. The van der Waals surface area contributed by atoms with E-state index < -0.39 is 0 Å². The molecule has 0 aromatic heterocycles. The SMILES string of the molecule is CNCCC(=O)N(Cc1ccc(Cl)c(Cl)c1)C1CC1. The first-order valence-corrected chi connectivity index (χ1v) is 7.25. The van der Waals surface area contributed by atoms with Crippen LogP contribution in [0, 0.1) is 0 Å². The third-order valence-electron chi connectivity index (χ3n) is 3.23. The fraction of sp³-hybridized carbons (Fsp3) is 0.500. The molecule has 1 N–H and O–H groups in total. The molecule has 1 aliphatic carbocycles. The maximum atomic E-state index is 12.2. The van der Waals surface area contributed by atoms with Crippen molar-refractivity contribution in [3.05, 3.63) is 33.8 Å². The molecule has 0 aliphatic heterocycles. The molecule has 1 fully saturated rings. The molecule has 1 amide bonds. The van der Waals surface area contributed by atoms with Crippen molar-refractivity contribution in [2.45, 2.75) is 31.8 Å². The Bertz CT molecular complexity index is 461. The number of carbonyl (C=O) groups excluding carboxylic acids is 1. The first-order valence-electron chi connectivity index (χ1n) is 6.50. The van der Waals surface area contributed by atoms with E-state index in [9.17, 15) is 4.79 Å². The van der Waals surface area contributed by atoms with Gasteiger partial charge in [0, 0.05) is 25.6 Å². The van der Waals surface area contributed by atoms with E-state index in [2.05, 4.69) is 5.32 Å². The second-order valence-electron chi connectivity index (χ2n) is 4.85. The Morgan fingerprint density at radius 2 is 2.11 bits per heavy atom. The molecule has 1 aromatic rings.